The van der Waals surface area contributed by atoms with E-state index < -0.39 is 12.1 Å². The maximum absolute atomic E-state index is 12.7. The first-order valence-electron chi connectivity index (χ1n) is 10.6. The highest BCUT2D eigenvalue weighted by Gasteiger charge is 2.47. The summed E-state index contributed by atoms with van der Waals surface area (Å²) in [5.41, 5.74) is 2.46. The summed E-state index contributed by atoms with van der Waals surface area (Å²) in [7, 11) is 3.56. The lowest BCUT2D eigenvalue weighted by atomic mass is 9.94. The van der Waals surface area contributed by atoms with E-state index in [1.54, 1.807) is 31.1 Å². The number of amides is 2. The normalized spacial score (nSPS) is 21.2. The van der Waals surface area contributed by atoms with Crippen LogP contribution in [0.25, 0.3) is 0 Å². The van der Waals surface area contributed by atoms with Gasteiger partial charge in [-0.25, -0.2) is 4.79 Å². The van der Waals surface area contributed by atoms with Crippen LogP contribution < -0.4 is 5.32 Å². The second kappa shape index (κ2) is 9.88. The van der Waals surface area contributed by atoms with Crippen molar-refractivity contribution in [2.75, 3.05) is 33.7 Å². The smallest absolute Gasteiger partial charge is 0.475 e. The van der Waals surface area contributed by atoms with Crippen LogP contribution in [-0.4, -0.2) is 72.6 Å². The number of aryl methyl sites for hydroxylation is 1. The first-order valence-corrected chi connectivity index (χ1v) is 10.6. The molecule has 1 aliphatic heterocycles. The highest BCUT2D eigenvalue weighted by molar-refractivity contribution is 5.92. The van der Waals surface area contributed by atoms with Gasteiger partial charge in [-0.2, -0.15) is 13.2 Å². The largest absolute Gasteiger partial charge is 0.490 e. The third-order valence-electron chi connectivity index (χ3n) is 5.95. The van der Waals surface area contributed by atoms with Gasteiger partial charge in [0.05, 0.1) is 12.6 Å². The predicted octanol–water partition coefficient (Wildman–Crippen LogP) is 2.81. The second-order valence-electron chi connectivity index (χ2n) is 8.55. The Kier molecular flexibility index (Phi) is 7.35. The third-order valence-corrected chi connectivity index (χ3v) is 5.95. The van der Waals surface area contributed by atoms with Gasteiger partial charge in [0, 0.05) is 39.0 Å². The Morgan fingerprint density at radius 1 is 1.12 bits per heavy atom. The van der Waals surface area contributed by atoms with E-state index in [4.69, 9.17) is 14.3 Å². The fraction of sp³-hybridized carbons (Fsp3) is 0.435. The molecule has 2 aromatic rings. The lowest BCUT2D eigenvalue weighted by molar-refractivity contribution is -0.192. The number of likely N-dealkylation sites (tertiary alicyclic amines) is 1. The minimum Gasteiger partial charge on any atom is -0.475 e. The van der Waals surface area contributed by atoms with Crippen molar-refractivity contribution in [2.45, 2.75) is 25.1 Å². The van der Waals surface area contributed by atoms with Crippen LogP contribution in [0.1, 0.15) is 39.4 Å². The van der Waals surface area contributed by atoms with Crippen molar-refractivity contribution in [3.05, 3.63) is 59.0 Å². The zero-order valence-electron chi connectivity index (χ0n) is 18.9. The molecule has 0 bridgehead atoms. The number of rotatable bonds is 4. The zero-order chi connectivity index (χ0) is 25.2. The van der Waals surface area contributed by atoms with Gasteiger partial charge in [0.15, 0.2) is 5.76 Å². The number of aliphatic carboxylic acids is 1. The molecule has 34 heavy (non-hydrogen) atoms. The number of hydrogen-bond acceptors (Lipinski definition) is 5. The number of benzene rings is 1. The van der Waals surface area contributed by atoms with E-state index >= 15 is 0 Å². The van der Waals surface area contributed by atoms with Crippen molar-refractivity contribution < 1.29 is 37.1 Å². The Balaban J connectivity index is 0.000000406. The summed E-state index contributed by atoms with van der Waals surface area (Å²) in [5.74, 6) is -1.18. The molecule has 1 fully saturated rings. The van der Waals surface area contributed by atoms with Gasteiger partial charge in [-0.3, -0.25) is 14.5 Å². The molecular formula is C23H26F3N3O5. The molecule has 1 aromatic carbocycles. The summed E-state index contributed by atoms with van der Waals surface area (Å²) in [6.45, 7) is 3.88. The van der Waals surface area contributed by atoms with Gasteiger partial charge in [0.25, 0.3) is 5.91 Å². The fourth-order valence-electron chi connectivity index (χ4n) is 4.36. The van der Waals surface area contributed by atoms with Crippen molar-refractivity contribution in [3.8, 4) is 0 Å². The quantitative estimate of drug-likeness (QED) is 0.696. The Morgan fingerprint density at radius 3 is 2.26 bits per heavy atom. The van der Waals surface area contributed by atoms with Gasteiger partial charge >= 0.3 is 12.1 Å². The summed E-state index contributed by atoms with van der Waals surface area (Å²) < 4.78 is 37.2. The topological polar surface area (TPSA) is 103 Å². The molecular weight excluding hydrogens is 455 g/mol. The van der Waals surface area contributed by atoms with Crippen LogP contribution in [0, 0.1) is 12.8 Å². The number of carbonyl (C=O) groups is 3. The average molecular weight is 481 g/mol. The maximum Gasteiger partial charge on any atom is 0.490 e. The molecule has 184 valence electrons. The zero-order valence-corrected chi connectivity index (χ0v) is 18.9. The number of carboxylic acids is 1. The summed E-state index contributed by atoms with van der Waals surface area (Å²) in [6, 6.07) is 11.7. The van der Waals surface area contributed by atoms with E-state index in [1.165, 1.54) is 11.1 Å². The van der Waals surface area contributed by atoms with Crippen LogP contribution in [-0.2, 0) is 9.59 Å². The predicted molar refractivity (Wildman–Crippen MR) is 115 cm³/mol. The monoisotopic (exact) mass is 481 g/mol. The summed E-state index contributed by atoms with van der Waals surface area (Å²) in [5, 5.41) is 10.3. The number of carboxylic acid groups (broad SMARTS) is 1. The van der Waals surface area contributed by atoms with Crippen LogP contribution in [0.2, 0.25) is 0 Å². The Morgan fingerprint density at radius 2 is 1.74 bits per heavy atom. The highest BCUT2D eigenvalue weighted by Crippen LogP contribution is 2.49. The highest BCUT2D eigenvalue weighted by atomic mass is 19.4. The van der Waals surface area contributed by atoms with Crippen molar-refractivity contribution in [1.82, 2.24) is 15.1 Å². The SMILES string of the molecule is Cc1ccc(C(=O)N[C@@H]2c3ccccc3[C@@H]3CN(CC(=O)N(C)C)C[C@H]23)o1.O=C(O)C(F)(F)F. The van der Waals surface area contributed by atoms with E-state index in [1.807, 2.05) is 19.1 Å². The van der Waals surface area contributed by atoms with Crippen molar-refractivity contribution in [3.63, 3.8) is 0 Å². The van der Waals surface area contributed by atoms with E-state index in [0.29, 0.717) is 18.2 Å². The Labute approximate surface area is 194 Å². The molecule has 8 nitrogen and oxygen atoms in total. The molecule has 0 radical (unpaired) electrons. The molecule has 0 unspecified atom stereocenters. The summed E-state index contributed by atoms with van der Waals surface area (Å²) in [4.78, 5) is 37.5. The van der Waals surface area contributed by atoms with Gasteiger partial charge in [-0.1, -0.05) is 24.3 Å². The summed E-state index contributed by atoms with van der Waals surface area (Å²) in [6.07, 6.45) is -5.08. The second-order valence-corrected chi connectivity index (χ2v) is 8.55. The van der Waals surface area contributed by atoms with Gasteiger partial charge in [0.1, 0.15) is 5.76 Å². The maximum atomic E-state index is 12.7. The molecule has 1 saturated heterocycles. The van der Waals surface area contributed by atoms with E-state index in [-0.39, 0.29) is 23.8 Å². The number of halogens is 3. The lowest BCUT2D eigenvalue weighted by Gasteiger charge is -2.23. The average Bonchev–Trinajstić information content (AvgIpc) is 3.43. The van der Waals surface area contributed by atoms with Gasteiger partial charge in [-0.05, 0) is 30.2 Å². The number of fused-ring (bicyclic) bond motifs is 3. The van der Waals surface area contributed by atoms with Gasteiger partial charge < -0.3 is 19.7 Å². The van der Waals surface area contributed by atoms with E-state index in [9.17, 15) is 22.8 Å². The minimum absolute atomic E-state index is 0.0661. The van der Waals surface area contributed by atoms with Crippen LogP contribution >= 0.6 is 0 Å². The number of nitrogens with zero attached hydrogens (tertiary/aromatic N) is 2. The summed E-state index contributed by atoms with van der Waals surface area (Å²) >= 11 is 0. The van der Waals surface area contributed by atoms with Crippen LogP contribution in [0.5, 0.6) is 0 Å². The number of carbonyl (C=O) groups excluding carboxylic acids is 2. The number of alkyl halides is 3. The minimum atomic E-state index is -5.08. The van der Waals surface area contributed by atoms with E-state index in [2.05, 4.69) is 22.3 Å². The van der Waals surface area contributed by atoms with Crippen LogP contribution in [0.15, 0.2) is 40.8 Å². The van der Waals surface area contributed by atoms with Gasteiger partial charge in [-0.15, -0.1) is 0 Å². The molecule has 2 heterocycles. The standard InChI is InChI=1S/C21H25N3O3.C2HF3O2/c1-13-8-9-18(27-13)21(26)22-20-15-7-5-4-6-14(15)16-10-24(11-17(16)20)12-19(25)23(2)3;3-2(4,5)1(6)7/h4-9,16-17,20H,10-12H2,1-3H3,(H,22,26);(H,6,7)/t16-,17-,20+;/m0./s1. The molecule has 2 aliphatic rings. The van der Waals surface area contributed by atoms with Gasteiger partial charge in [0.2, 0.25) is 5.91 Å². The number of furan rings is 1. The van der Waals surface area contributed by atoms with Crippen molar-refractivity contribution >= 4 is 17.8 Å². The molecule has 1 aromatic heterocycles. The van der Waals surface area contributed by atoms with Crippen LogP contribution in [0.4, 0.5) is 13.2 Å². The fourth-order valence-corrected chi connectivity index (χ4v) is 4.36. The lowest BCUT2D eigenvalue weighted by Crippen LogP contribution is -2.37. The first kappa shape index (κ1) is 25.3. The Hall–Kier alpha value is -3.34. The Bertz CT molecular complexity index is 1070. The van der Waals surface area contributed by atoms with Crippen molar-refractivity contribution in [2.24, 2.45) is 5.92 Å². The number of nitrogens with one attached hydrogen (secondary N) is 1. The van der Waals surface area contributed by atoms with Crippen molar-refractivity contribution in [1.29, 1.82) is 0 Å². The molecule has 11 heteroatoms. The molecule has 1 aliphatic carbocycles. The number of hydrogen-bond donors (Lipinski definition) is 2. The molecule has 0 spiro atoms. The molecule has 0 saturated carbocycles. The number of likely N-dealkylation sites (N-methyl/N-ethyl adjacent to an activating group) is 1. The third kappa shape index (κ3) is 5.58. The molecule has 2 N–H and O–H groups in total. The molecule has 4 rings (SSSR count). The molecule has 3 atom stereocenters. The van der Waals surface area contributed by atoms with E-state index in [0.717, 1.165) is 18.8 Å². The van der Waals surface area contributed by atoms with Crippen LogP contribution in [0.3, 0.4) is 0 Å². The first-order chi connectivity index (χ1) is 15.9. The molecule has 2 amide bonds.